The topological polar surface area (TPSA) is 129 Å². The SMILES string of the molecule is C=C(CCC)Nc1cncc(-c2cnc(N)c(C(=N)c3nc4c(-c5ccc(C)s5)nccc4[nH]3)c2)c1. The molecule has 5 aromatic rings. The van der Waals surface area contributed by atoms with Crippen LogP contribution in [-0.2, 0) is 0 Å². The van der Waals surface area contributed by atoms with Gasteiger partial charge >= 0.3 is 0 Å². The van der Waals surface area contributed by atoms with E-state index >= 15 is 0 Å². The van der Waals surface area contributed by atoms with Crippen LogP contribution in [0.3, 0.4) is 0 Å². The normalized spacial score (nSPS) is 11.1. The molecule has 36 heavy (non-hydrogen) atoms. The van der Waals surface area contributed by atoms with E-state index in [1.165, 1.54) is 4.88 Å². The van der Waals surface area contributed by atoms with Crippen LogP contribution >= 0.6 is 11.3 Å². The first kappa shape index (κ1) is 23.4. The third-order valence-corrected chi connectivity index (χ3v) is 6.75. The number of imidazole rings is 1. The number of hydrogen-bond acceptors (Lipinski definition) is 8. The molecule has 0 aliphatic carbocycles. The molecule has 0 radical (unpaired) electrons. The molecular formula is C27H26N8S. The first-order valence-electron chi connectivity index (χ1n) is 11.6. The first-order valence-corrected chi connectivity index (χ1v) is 12.4. The molecular weight excluding hydrogens is 468 g/mol. The van der Waals surface area contributed by atoms with Gasteiger partial charge in [0.2, 0.25) is 0 Å². The number of nitrogen functional groups attached to an aromatic ring is 1. The molecule has 0 saturated heterocycles. The predicted octanol–water partition coefficient (Wildman–Crippen LogP) is 6.18. The van der Waals surface area contributed by atoms with Gasteiger partial charge in [-0.3, -0.25) is 15.4 Å². The summed E-state index contributed by atoms with van der Waals surface area (Å²) in [6.07, 6.45) is 8.85. The molecule has 5 rings (SSSR count). The lowest BCUT2D eigenvalue weighted by Crippen LogP contribution is -2.09. The molecule has 0 fully saturated rings. The summed E-state index contributed by atoms with van der Waals surface area (Å²) in [5.74, 6) is 0.664. The quantitative estimate of drug-likeness (QED) is 0.191. The van der Waals surface area contributed by atoms with Crippen LogP contribution in [0.1, 0.15) is 36.0 Å². The van der Waals surface area contributed by atoms with Crippen molar-refractivity contribution in [2.24, 2.45) is 0 Å². The molecule has 8 nitrogen and oxygen atoms in total. The number of pyridine rings is 3. The lowest BCUT2D eigenvalue weighted by atomic mass is 10.0. The van der Waals surface area contributed by atoms with E-state index in [2.05, 4.69) is 51.7 Å². The third-order valence-electron chi connectivity index (χ3n) is 5.74. The Morgan fingerprint density at radius 1 is 1.14 bits per heavy atom. The minimum atomic E-state index is 0.157. The van der Waals surface area contributed by atoms with Gasteiger partial charge in [-0.15, -0.1) is 11.3 Å². The summed E-state index contributed by atoms with van der Waals surface area (Å²) in [5.41, 5.74) is 12.6. The Kier molecular flexibility index (Phi) is 6.30. The van der Waals surface area contributed by atoms with Crippen LogP contribution in [0, 0.1) is 12.3 Å². The molecule has 5 heterocycles. The molecule has 0 spiro atoms. The molecule has 0 bridgehead atoms. The molecule has 0 aromatic carbocycles. The minimum absolute atomic E-state index is 0.157. The molecule has 5 N–H and O–H groups in total. The highest BCUT2D eigenvalue weighted by Crippen LogP contribution is 2.31. The molecule has 0 atom stereocenters. The number of aromatic nitrogens is 5. The van der Waals surface area contributed by atoms with E-state index in [1.54, 1.807) is 36.1 Å². The third kappa shape index (κ3) is 4.60. The summed E-state index contributed by atoms with van der Waals surface area (Å²) in [6.45, 7) is 8.23. The van der Waals surface area contributed by atoms with Crippen molar-refractivity contribution in [2.45, 2.75) is 26.7 Å². The molecule has 0 unspecified atom stereocenters. The van der Waals surface area contributed by atoms with Gasteiger partial charge in [-0.05, 0) is 43.7 Å². The molecule has 0 amide bonds. The van der Waals surface area contributed by atoms with Crippen LogP contribution in [0.25, 0.3) is 32.7 Å². The zero-order valence-corrected chi connectivity index (χ0v) is 20.9. The van der Waals surface area contributed by atoms with Gasteiger partial charge in [0.15, 0.2) is 5.82 Å². The van der Waals surface area contributed by atoms with Gasteiger partial charge in [0.1, 0.15) is 22.7 Å². The van der Waals surface area contributed by atoms with E-state index in [4.69, 9.17) is 16.1 Å². The number of allylic oxidation sites excluding steroid dienone is 1. The minimum Gasteiger partial charge on any atom is -0.383 e. The van der Waals surface area contributed by atoms with Crippen LogP contribution < -0.4 is 11.1 Å². The van der Waals surface area contributed by atoms with Gasteiger partial charge in [0, 0.05) is 45.9 Å². The van der Waals surface area contributed by atoms with Gasteiger partial charge in [0.25, 0.3) is 0 Å². The first-order chi connectivity index (χ1) is 17.4. The Balaban J connectivity index is 1.49. The fourth-order valence-electron chi connectivity index (χ4n) is 3.99. The summed E-state index contributed by atoms with van der Waals surface area (Å²) in [7, 11) is 0. The number of fused-ring (bicyclic) bond motifs is 1. The van der Waals surface area contributed by atoms with E-state index < -0.39 is 0 Å². The zero-order valence-electron chi connectivity index (χ0n) is 20.1. The van der Waals surface area contributed by atoms with Crippen LogP contribution in [0.2, 0.25) is 0 Å². The van der Waals surface area contributed by atoms with Gasteiger partial charge in [-0.2, -0.15) is 0 Å². The number of aryl methyl sites for hydroxylation is 1. The van der Waals surface area contributed by atoms with E-state index in [0.29, 0.717) is 11.4 Å². The largest absolute Gasteiger partial charge is 0.383 e. The molecule has 0 aliphatic rings. The van der Waals surface area contributed by atoms with Gasteiger partial charge in [-0.25, -0.2) is 9.97 Å². The second kappa shape index (κ2) is 9.71. The molecule has 0 saturated carbocycles. The number of H-pyrrole nitrogens is 1. The number of rotatable bonds is 8. The Labute approximate surface area is 212 Å². The second-order valence-electron chi connectivity index (χ2n) is 8.52. The average Bonchev–Trinajstić information content (AvgIpc) is 3.50. The highest BCUT2D eigenvalue weighted by molar-refractivity contribution is 7.15. The highest BCUT2D eigenvalue weighted by Gasteiger charge is 2.18. The summed E-state index contributed by atoms with van der Waals surface area (Å²) in [6, 6.07) is 9.80. The average molecular weight is 495 g/mol. The van der Waals surface area contributed by atoms with E-state index in [1.807, 2.05) is 24.3 Å². The Morgan fingerprint density at radius 3 is 2.75 bits per heavy atom. The summed E-state index contributed by atoms with van der Waals surface area (Å²) < 4.78 is 0. The monoisotopic (exact) mass is 494 g/mol. The summed E-state index contributed by atoms with van der Waals surface area (Å²) >= 11 is 1.66. The summed E-state index contributed by atoms with van der Waals surface area (Å²) in [5, 5.41) is 12.2. The van der Waals surface area contributed by atoms with Crippen molar-refractivity contribution in [3.05, 3.63) is 83.7 Å². The van der Waals surface area contributed by atoms with Crippen molar-refractivity contribution in [3.63, 3.8) is 0 Å². The number of nitrogens with zero attached hydrogens (tertiary/aromatic N) is 4. The molecule has 180 valence electrons. The lowest BCUT2D eigenvalue weighted by Gasteiger charge is -2.11. The number of aromatic amines is 1. The van der Waals surface area contributed by atoms with Crippen molar-refractivity contribution in [3.8, 4) is 21.7 Å². The van der Waals surface area contributed by atoms with E-state index in [-0.39, 0.29) is 11.5 Å². The van der Waals surface area contributed by atoms with Gasteiger partial charge in [0.05, 0.1) is 22.3 Å². The van der Waals surface area contributed by atoms with Crippen LogP contribution in [0.4, 0.5) is 11.5 Å². The predicted molar refractivity (Wildman–Crippen MR) is 147 cm³/mol. The maximum atomic E-state index is 8.89. The number of hydrogen-bond donors (Lipinski definition) is 4. The Morgan fingerprint density at radius 2 is 1.97 bits per heavy atom. The standard InChI is InChI=1S/C27H26N8S/c1-4-5-15(2)33-19-10-17(12-30-14-19)18-11-20(26(29)32-13-18)23(28)27-34-21-8-9-31-25(24(21)35-27)22-7-6-16(3)36-22/h6-14,28,33H,2,4-5H2,1,3H3,(H2,29,32)(H,34,35). The zero-order chi connectivity index (χ0) is 25.2. The summed E-state index contributed by atoms with van der Waals surface area (Å²) in [4.78, 5) is 23.5. The molecule has 5 aromatic heterocycles. The van der Waals surface area contributed by atoms with E-state index in [0.717, 1.165) is 57.0 Å². The number of thiophene rings is 1. The maximum absolute atomic E-state index is 8.89. The van der Waals surface area contributed by atoms with E-state index in [9.17, 15) is 0 Å². The number of anilines is 2. The van der Waals surface area contributed by atoms with Crippen LogP contribution in [-0.4, -0.2) is 30.6 Å². The maximum Gasteiger partial charge on any atom is 0.157 e. The smallest absolute Gasteiger partial charge is 0.157 e. The van der Waals surface area contributed by atoms with Crippen molar-refractivity contribution in [1.29, 1.82) is 5.41 Å². The molecule has 9 heteroatoms. The van der Waals surface area contributed by atoms with Crippen molar-refractivity contribution in [1.82, 2.24) is 24.9 Å². The number of nitrogens with one attached hydrogen (secondary N) is 3. The van der Waals surface area contributed by atoms with Crippen LogP contribution in [0.15, 0.2) is 67.4 Å². The van der Waals surface area contributed by atoms with Gasteiger partial charge < -0.3 is 16.0 Å². The highest BCUT2D eigenvalue weighted by atomic mass is 32.1. The second-order valence-corrected chi connectivity index (χ2v) is 9.81. The van der Waals surface area contributed by atoms with Crippen molar-refractivity contribution < 1.29 is 0 Å². The number of nitrogens with two attached hydrogens (primary N) is 1. The van der Waals surface area contributed by atoms with Crippen LogP contribution in [0.5, 0.6) is 0 Å². The Hall–Kier alpha value is -4.37. The lowest BCUT2D eigenvalue weighted by molar-refractivity contribution is 0.913. The molecule has 0 aliphatic heterocycles. The van der Waals surface area contributed by atoms with Crippen molar-refractivity contribution >= 4 is 39.6 Å². The Bertz CT molecular complexity index is 1600. The van der Waals surface area contributed by atoms with Gasteiger partial charge in [-0.1, -0.05) is 19.9 Å². The van der Waals surface area contributed by atoms with Crippen molar-refractivity contribution in [2.75, 3.05) is 11.1 Å². The fourth-order valence-corrected chi connectivity index (χ4v) is 4.86. The fraction of sp³-hybridized carbons (Fsp3) is 0.148.